The maximum atomic E-state index is 11.0. The van der Waals surface area contributed by atoms with Crippen molar-refractivity contribution < 1.29 is 19.1 Å². The topological polar surface area (TPSA) is 64.6 Å². The predicted molar refractivity (Wildman–Crippen MR) is 124 cm³/mol. The highest BCUT2D eigenvalue weighted by Crippen LogP contribution is 2.22. The van der Waals surface area contributed by atoms with Crippen LogP contribution in [0, 0.1) is 0 Å². The number of aryl methyl sites for hydroxylation is 2. The lowest BCUT2D eigenvalue weighted by molar-refractivity contribution is -0.132. The maximum absolute atomic E-state index is 11.0. The van der Waals surface area contributed by atoms with Gasteiger partial charge in [0.15, 0.2) is 0 Å². The average molecular weight is 446 g/mol. The number of carbonyl (C=O) groups is 2. The first-order valence-corrected chi connectivity index (χ1v) is 10.8. The first kappa shape index (κ1) is 24.9. The Morgan fingerprint density at radius 3 is 1.52 bits per heavy atom. The Morgan fingerprint density at radius 1 is 0.774 bits per heavy atom. The Bertz CT molecular complexity index is 766. The SMILES string of the molecule is CC(=O)Oc1ccc(CC[C@H]2CCC[C@@H](CCc3ccc(OC(C)=O)cc3)N2)cc1.Cl. The molecule has 0 aromatic heterocycles. The average Bonchev–Trinajstić information content (AvgIpc) is 2.72. The zero-order chi connectivity index (χ0) is 21.3. The van der Waals surface area contributed by atoms with Crippen molar-refractivity contribution in [2.45, 2.75) is 70.9 Å². The summed E-state index contributed by atoms with van der Waals surface area (Å²) in [6, 6.07) is 16.7. The van der Waals surface area contributed by atoms with Gasteiger partial charge in [0.05, 0.1) is 0 Å². The third-order valence-electron chi connectivity index (χ3n) is 5.51. The van der Waals surface area contributed by atoms with Crippen molar-refractivity contribution in [2.75, 3.05) is 0 Å². The number of hydrogen-bond acceptors (Lipinski definition) is 5. The minimum absolute atomic E-state index is 0. The molecule has 1 fully saturated rings. The van der Waals surface area contributed by atoms with Gasteiger partial charge in [-0.15, -0.1) is 12.4 Å². The molecule has 0 saturated carbocycles. The summed E-state index contributed by atoms with van der Waals surface area (Å²) in [6.45, 7) is 2.83. The van der Waals surface area contributed by atoms with E-state index >= 15 is 0 Å². The number of piperidine rings is 1. The molecule has 0 amide bonds. The summed E-state index contributed by atoms with van der Waals surface area (Å²) in [7, 11) is 0. The molecule has 168 valence electrons. The van der Waals surface area contributed by atoms with Crippen molar-refractivity contribution in [1.82, 2.24) is 5.32 Å². The Kier molecular flexibility index (Phi) is 10.0. The van der Waals surface area contributed by atoms with Gasteiger partial charge in [-0.25, -0.2) is 0 Å². The van der Waals surface area contributed by atoms with Crippen LogP contribution in [0.5, 0.6) is 11.5 Å². The first-order chi connectivity index (χ1) is 14.5. The molecular formula is C25H32ClNO4. The third-order valence-corrected chi connectivity index (χ3v) is 5.51. The normalized spacial score (nSPS) is 18.0. The number of nitrogens with one attached hydrogen (secondary N) is 1. The van der Waals surface area contributed by atoms with Gasteiger partial charge in [0.1, 0.15) is 11.5 Å². The molecular weight excluding hydrogens is 414 g/mol. The van der Waals surface area contributed by atoms with Crippen LogP contribution in [0.15, 0.2) is 48.5 Å². The fourth-order valence-corrected chi connectivity index (χ4v) is 4.03. The monoisotopic (exact) mass is 445 g/mol. The molecule has 0 aliphatic carbocycles. The van der Waals surface area contributed by atoms with Crippen LogP contribution in [-0.2, 0) is 22.4 Å². The number of halogens is 1. The molecule has 6 heteroatoms. The van der Waals surface area contributed by atoms with Gasteiger partial charge in [-0.2, -0.15) is 0 Å². The van der Waals surface area contributed by atoms with E-state index in [9.17, 15) is 9.59 Å². The highest BCUT2D eigenvalue weighted by Gasteiger charge is 2.20. The molecule has 0 bridgehead atoms. The lowest BCUT2D eigenvalue weighted by Gasteiger charge is -2.31. The molecule has 5 nitrogen and oxygen atoms in total. The van der Waals surface area contributed by atoms with E-state index in [1.54, 1.807) is 0 Å². The van der Waals surface area contributed by atoms with E-state index in [0.717, 1.165) is 25.7 Å². The molecule has 2 aromatic carbocycles. The van der Waals surface area contributed by atoms with E-state index in [-0.39, 0.29) is 24.3 Å². The van der Waals surface area contributed by atoms with Crippen LogP contribution >= 0.6 is 12.4 Å². The molecule has 0 unspecified atom stereocenters. The van der Waals surface area contributed by atoms with Crippen molar-refractivity contribution in [3.8, 4) is 11.5 Å². The van der Waals surface area contributed by atoms with Crippen LogP contribution in [0.4, 0.5) is 0 Å². The third kappa shape index (κ3) is 8.72. The molecule has 2 atom stereocenters. The van der Waals surface area contributed by atoms with Gasteiger partial charge in [0.25, 0.3) is 0 Å². The number of hydrogen-bond donors (Lipinski definition) is 1. The van der Waals surface area contributed by atoms with Crippen LogP contribution < -0.4 is 14.8 Å². The zero-order valence-corrected chi connectivity index (χ0v) is 19.1. The van der Waals surface area contributed by atoms with E-state index in [1.807, 2.05) is 48.5 Å². The minimum Gasteiger partial charge on any atom is -0.427 e. The quantitative estimate of drug-likeness (QED) is 0.455. The maximum Gasteiger partial charge on any atom is 0.308 e. The van der Waals surface area contributed by atoms with Gasteiger partial charge in [-0.05, 0) is 73.9 Å². The molecule has 1 aliphatic heterocycles. The molecule has 2 aromatic rings. The van der Waals surface area contributed by atoms with Crippen LogP contribution in [0.25, 0.3) is 0 Å². The van der Waals surface area contributed by atoms with E-state index in [4.69, 9.17) is 9.47 Å². The highest BCUT2D eigenvalue weighted by molar-refractivity contribution is 5.85. The van der Waals surface area contributed by atoms with Crippen molar-refractivity contribution in [1.29, 1.82) is 0 Å². The van der Waals surface area contributed by atoms with Gasteiger partial charge in [0.2, 0.25) is 0 Å². The van der Waals surface area contributed by atoms with E-state index in [0.29, 0.717) is 23.6 Å². The zero-order valence-electron chi connectivity index (χ0n) is 18.3. The van der Waals surface area contributed by atoms with Crippen LogP contribution in [-0.4, -0.2) is 24.0 Å². The molecule has 3 rings (SSSR count). The second-order valence-electron chi connectivity index (χ2n) is 8.04. The van der Waals surface area contributed by atoms with Gasteiger partial charge < -0.3 is 14.8 Å². The first-order valence-electron chi connectivity index (χ1n) is 10.8. The minimum atomic E-state index is -0.291. The summed E-state index contributed by atoms with van der Waals surface area (Å²) in [5.74, 6) is 0.618. The lowest BCUT2D eigenvalue weighted by atomic mass is 9.91. The fourth-order valence-electron chi connectivity index (χ4n) is 4.03. The van der Waals surface area contributed by atoms with Crippen molar-refractivity contribution >= 4 is 24.3 Å². The highest BCUT2D eigenvalue weighted by atomic mass is 35.5. The van der Waals surface area contributed by atoms with Gasteiger partial charge in [0, 0.05) is 25.9 Å². The second-order valence-corrected chi connectivity index (χ2v) is 8.04. The molecule has 1 aliphatic rings. The number of esters is 2. The molecule has 1 heterocycles. The Hall–Kier alpha value is -2.37. The van der Waals surface area contributed by atoms with E-state index in [2.05, 4.69) is 5.32 Å². The largest absolute Gasteiger partial charge is 0.427 e. The van der Waals surface area contributed by atoms with Crippen molar-refractivity contribution in [2.24, 2.45) is 0 Å². The number of ether oxygens (including phenoxy) is 2. The molecule has 0 spiro atoms. The summed E-state index contributed by atoms with van der Waals surface area (Å²) in [4.78, 5) is 22.0. The fraction of sp³-hybridized carbons (Fsp3) is 0.440. The summed E-state index contributed by atoms with van der Waals surface area (Å²) in [5.41, 5.74) is 2.53. The Balaban J connectivity index is 0.00000341. The van der Waals surface area contributed by atoms with Gasteiger partial charge >= 0.3 is 11.9 Å². The lowest BCUT2D eigenvalue weighted by Crippen LogP contribution is -2.42. The smallest absolute Gasteiger partial charge is 0.308 e. The second kappa shape index (κ2) is 12.5. The summed E-state index contributed by atoms with van der Waals surface area (Å²) < 4.78 is 10.2. The summed E-state index contributed by atoms with van der Waals surface area (Å²) in [5, 5.41) is 3.83. The Morgan fingerprint density at radius 2 is 1.16 bits per heavy atom. The number of benzene rings is 2. The predicted octanol–water partition coefficient (Wildman–Crippen LogP) is 5.04. The molecule has 0 radical (unpaired) electrons. The molecule has 31 heavy (non-hydrogen) atoms. The van der Waals surface area contributed by atoms with Gasteiger partial charge in [-0.3, -0.25) is 9.59 Å². The molecule has 1 saturated heterocycles. The summed E-state index contributed by atoms with van der Waals surface area (Å²) >= 11 is 0. The standard InChI is InChI=1S/C25H31NO4.ClH/c1-18(27)29-24-14-8-20(9-15-24)6-12-22-4-3-5-23(26-22)13-7-21-10-16-25(17-11-21)30-19(2)28;/h8-11,14-17,22-23,26H,3-7,12-13H2,1-2H3;1H/t22-,23+;. The van der Waals surface area contributed by atoms with Gasteiger partial charge in [-0.1, -0.05) is 30.7 Å². The van der Waals surface area contributed by atoms with E-state index < -0.39 is 0 Å². The summed E-state index contributed by atoms with van der Waals surface area (Å²) in [6.07, 6.45) is 7.96. The van der Waals surface area contributed by atoms with Crippen LogP contribution in [0.3, 0.4) is 0 Å². The van der Waals surface area contributed by atoms with Crippen molar-refractivity contribution in [3.05, 3.63) is 59.7 Å². The van der Waals surface area contributed by atoms with Crippen LogP contribution in [0.2, 0.25) is 0 Å². The number of rotatable bonds is 8. The number of carbonyl (C=O) groups excluding carboxylic acids is 2. The van der Waals surface area contributed by atoms with Crippen molar-refractivity contribution in [3.63, 3.8) is 0 Å². The van der Waals surface area contributed by atoms with Crippen LogP contribution in [0.1, 0.15) is 57.1 Å². The Labute approximate surface area is 190 Å². The molecule has 1 N–H and O–H groups in total. The van der Waals surface area contributed by atoms with E-state index in [1.165, 1.54) is 44.2 Å².